The molecular weight excluding hydrogens is 268 g/mol. The molecule has 0 aromatic heterocycles. The fourth-order valence-corrected chi connectivity index (χ4v) is 1.82. The Bertz CT molecular complexity index is 445. The van der Waals surface area contributed by atoms with E-state index in [1.165, 1.54) is 4.90 Å². The van der Waals surface area contributed by atoms with Crippen molar-refractivity contribution in [3.8, 4) is 0 Å². The quantitative estimate of drug-likeness (QED) is 0.265. The Hall–Kier alpha value is -2.12. The lowest BCUT2D eigenvalue weighted by atomic mass is 9.76. The molecule has 20 heavy (non-hydrogen) atoms. The first-order valence-corrected chi connectivity index (χ1v) is 5.94. The van der Waals surface area contributed by atoms with Gasteiger partial charge in [0.15, 0.2) is 11.2 Å². The highest BCUT2D eigenvalue weighted by molar-refractivity contribution is 6.35. The van der Waals surface area contributed by atoms with Crippen molar-refractivity contribution in [2.75, 3.05) is 20.2 Å². The van der Waals surface area contributed by atoms with Crippen LogP contribution in [0.5, 0.6) is 0 Å². The van der Waals surface area contributed by atoms with Gasteiger partial charge >= 0.3 is 12.1 Å². The minimum absolute atomic E-state index is 0.167. The molecule has 0 aromatic rings. The molecule has 0 unspecified atom stereocenters. The van der Waals surface area contributed by atoms with Crippen molar-refractivity contribution < 1.29 is 29.1 Å². The number of carbonyl (C=O) groups is 3. The molecule has 1 N–H and O–H groups in total. The summed E-state index contributed by atoms with van der Waals surface area (Å²) in [5, 5.41) is 11.0. The summed E-state index contributed by atoms with van der Waals surface area (Å²) in [5.74, 6) is -1.49. The molecule has 1 saturated heterocycles. The summed E-state index contributed by atoms with van der Waals surface area (Å²) in [5.41, 5.74) is -2.19. The van der Waals surface area contributed by atoms with Crippen LogP contribution in [0.2, 0.25) is 0 Å². The molecule has 1 amide bonds. The van der Waals surface area contributed by atoms with Crippen LogP contribution in [0.15, 0.2) is 5.16 Å². The number of nitrogens with zero attached hydrogens (tertiary/aromatic N) is 2. The second-order valence-electron chi connectivity index (χ2n) is 5.52. The Balaban J connectivity index is 2.79. The summed E-state index contributed by atoms with van der Waals surface area (Å²) in [6, 6.07) is 0. The molecule has 0 atom stereocenters. The second-order valence-corrected chi connectivity index (χ2v) is 5.52. The lowest BCUT2D eigenvalue weighted by molar-refractivity contribution is -0.166. The number of ether oxygens (including phenoxy) is 2. The number of hydrogen-bond acceptors (Lipinski definition) is 7. The summed E-state index contributed by atoms with van der Waals surface area (Å²) in [7, 11) is 1.14. The van der Waals surface area contributed by atoms with Crippen LogP contribution in [0.1, 0.15) is 20.8 Å². The van der Waals surface area contributed by atoms with Gasteiger partial charge < -0.3 is 19.6 Å². The topological polar surface area (TPSA) is 106 Å². The van der Waals surface area contributed by atoms with E-state index in [1.54, 1.807) is 20.8 Å². The molecule has 0 aliphatic carbocycles. The van der Waals surface area contributed by atoms with E-state index in [-0.39, 0.29) is 13.1 Å². The number of hydrogen-bond donors (Lipinski definition) is 1. The maximum atomic E-state index is 11.8. The Morgan fingerprint density at radius 3 is 2.25 bits per heavy atom. The van der Waals surface area contributed by atoms with Gasteiger partial charge in [-0.1, -0.05) is 5.16 Å². The number of esters is 1. The predicted molar refractivity (Wildman–Crippen MR) is 67.5 cm³/mol. The van der Waals surface area contributed by atoms with Crippen LogP contribution in [-0.2, 0) is 19.1 Å². The first-order valence-electron chi connectivity index (χ1n) is 5.94. The van der Waals surface area contributed by atoms with Gasteiger partial charge in [0, 0.05) is 13.1 Å². The van der Waals surface area contributed by atoms with Gasteiger partial charge in [-0.25, -0.2) is 4.79 Å². The minimum Gasteiger partial charge on any atom is -0.468 e. The van der Waals surface area contributed by atoms with Crippen LogP contribution >= 0.6 is 0 Å². The average Bonchev–Trinajstić information content (AvgIpc) is 2.25. The standard InChI is InChI=1S/C12H18N2O6/c1-11(2,3)20-10(17)14-6-12(7-14,9(16)19-4)8(15)5-13-18/h5,18H,6-7H2,1-4H3. The van der Waals surface area contributed by atoms with E-state index in [9.17, 15) is 14.4 Å². The zero-order valence-electron chi connectivity index (χ0n) is 11.9. The number of rotatable bonds is 3. The molecule has 0 saturated carbocycles. The maximum absolute atomic E-state index is 11.8. The number of oxime groups is 1. The highest BCUT2D eigenvalue weighted by Gasteiger charge is 2.58. The summed E-state index contributed by atoms with van der Waals surface area (Å²) in [6.45, 7) is 4.80. The molecule has 1 aliphatic heterocycles. The number of Topliss-reactive ketones (excluding diaryl/α,β-unsaturated/α-hetero) is 1. The van der Waals surface area contributed by atoms with Crippen molar-refractivity contribution in [2.45, 2.75) is 26.4 Å². The maximum Gasteiger partial charge on any atom is 0.410 e. The first kappa shape index (κ1) is 15.9. The molecular formula is C12H18N2O6. The molecule has 1 rings (SSSR count). The summed E-state index contributed by atoms with van der Waals surface area (Å²) in [6.07, 6.45) is 0.00866. The fraction of sp³-hybridized carbons (Fsp3) is 0.667. The van der Waals surface area contributed by atoms with Crippen LogP contribution in [0.4, 0.5) is 4.79 Å². The third kappa shape index (κ3) is 3.06. The number of ketones is 1. The molecule has 112 valence electrons. The molecule has 8 heteroatoms. The van der Waals surface area contributed by atoms with Gasteiger partial charge in [-0.05, 0) is 20.8 Å². The molecule has 8 nitrogen and oxygen atoms in total. The van der Waals surface area contributed by atoms with E-state index in [0.717, 1.165) is 7.11 Å². The molecule has 0 aromatic carbocycles. The summed E-state index contributed by atoms with van der Waals surface area (Å²) in [4.78, 5) is 36.5. The summed E-state index contributed by atoms with van der Waals surface area (Å²) >= 11 is 0. The minimum atomic E-state index is -1.52. The van der Waals surface area contributed by atoms with Crippen molar-refractivity contribution in [2.24, 2.45) is 10.6 Å². The Morgan fingerprint density at radius 2 is 1.85 bits per heavy atom. The molecule has 1 heterocycles. The second kappa shape index (κ2) is 5.48. The van der Waals surface area contributed by atoms with Crippen molar-refractivity contribution in [3.05, 3.63) is 0 Å². The zero-order chi connectivity index (χ0) is 15.6. The van der Waals surface area contributed by atoms with E-state index >= 15 is 0 Å². The van der Waals surface area contributed by atoms with Crippen molar-refractivity contribution in [1.82, 2.24) is 4.90 Å². The van der Waals surface area contributed by atoms with Gasteiger partial charge in [0.25, 0.3) is 0 Å². The highest BCUT2D eigenvalue weighted by Crippen LogP contribution is 2.33. The number of carbonyl (C=O) groups excluding carboxylic acids is 3. The molecule has 0 spiro atoms. The van der Waals surface area contributed by atoms with Crippen LogP contribution in [0.3, 0.4) is 0 Å². The van der Waals surface area contributed by atoms with Crippen molar-refractivity contribution in [3.63, 3.8) is 0 Å². The van der Waals surface area contributed by atoms with E-state index < -0.39 is 28.9 Å². The average molecular weight is 286 g/mol. The zero-order valence-corrected chi connectivity index (χ0v) is 11.9. The lowest BCUT2D eigenvalue weighted by Gasteiger charge is -2.45. The molecule has 0 bridgehead atoms. The third-order valence-corrected chi connectivity index (χ3v) is 2.80. The molecule has 0 radical (unpaired) electrons. The Morgan fingerprint density at radius 1 is 1.30 bits per heavy atom. The van der Waals surface area contributed by atoms with Gasteiger partial charge in [-0.3, -0.25) is 9.59 Å². The predicted octanol–water partition coefficient (Wildman–Crippen LogP) is 0.426. The third-order valence-electron chi connectivity index (χ3n) is 2.80. The van der Waals surface area contributed by atoms with Gasteiger partial charge in [0.2, 0.25) is 0 Å². The Kier molecular flexibility index (Phi) is 4.36. The highest BCUT2D eigenvalue weighted by atomic mass is 16.6. The van der Waals surface area contributed by atoms with Crippen molar-refractivity contribution >= 4 is 24.1 Å². The first-order chi connectivity index (χ1) is 9.16. The lowest BCUT2D eigenvalue weighted by Crippen LogP contribution is -2.66. The van der Waals surface area contributed by atoms with Gasteiger partial charge in [0.1, 0.15) is 11.8 Å². The smallest absolute Gasteiger partial charge is 0.410 e. The monoisotopic (exact) mass is 286 g/mol. The number of likely N-dealkylation sites (tertiary alicyclic amines) is 1. The van der Waals surface area contributed by atoms with Crippen LogP contribution < -0.4 is 0 Å². The van der Waals surface area contributed by atoms with Crippen LogP contribution in [0, 0.1) is 5.41 Å². The van der Waals surface area contributed by atoms with E-state index in [1.807, 2.05) is 0 Å². The largest absolute Gasteiger partial charge is 0.468 e. The SMILES string of the molecule is COC(=O)C1(C(=O)C=NO)CN(C(=O)OC(C)(C)C)C1. The normalized spacial score (nSPS) is 17.5. The van der Waals surface area contributed by atoms with E-state index in [2.05, 4.69) is 9.89 Å². The van der Waals surface area contributed by atoms with Crippen LogP contribution in [0.25, 0.3) is 0 Å². The fourth-order valence-electron chi connectivity index (χ4n) is 1.82. The van der Waals surface area contributed by atoms with E-state index in [4.69, 9.17) is 9.94 Å². The number of methoxy groups -OCH3 is 1. The van der Waals surface area contributed by atoms with Crippen molar-refractivity contribution in [1.29, 1.82) is 0 Å². The number of amides is 1. The van der Waals surface area contributed by atoms with Gasteiger partial charge in [-0.2, -0.15) is 0 Å². The molecule has 1 aliphatic rings. The summed E-state index contributed by atoms with van der Waals surface area (Å²) < 4.78 is 9.70. The Labute approximate surface area is 116 Å². The van der Waals surface area contributed by atoms with Gasteiger partial charge in [-0.15, -0.1) is 0 Å². The van der Waals surface area contributed by atoms with Gasteiger partial charge in [0.05, 0.1) is 7.11 Å². The molecule has 1 fully saturated rings. The van der Waals surface area contributed by atoms with E-state index in [0.29, 0.717) is 6.21 Å². The van der Waals surface area contributed by atoms with Crippen LogP contribution in [-0.4, -0.2) is 60.0 Å².